The lowest BCUT2D eigenvalue weighted by atomic mass is 9.76. The zero-order valence-electron chi connectivity index (χ0n) is 20.7. The van der Waals surface area contributed by atoms with Crippen molar-refractivity contribution in [2.45, 2.75) is 85.2 Å². The maximum Gasteiger partial charge on any atom is 0.133 e. The van der Waals surface area contributed by atoms with E-state index in [4.69, 9.17) is 0 Å². The second-order valence-corrected chi connectivity index (χ2v) is 9.90. The Balaban J connectivity index is 1.83. The number of rotatable bonds is 8. The minimum atomic E-state index is 0.0880. The molecule has 0 N–H and O–H groups in total. The van der Waals surface area contributed by atoms with Crippen LogP contribution in [0.2, 0.25) is 0 Å². The summed E-state index contributed by atoms with van der Waals surface area (Å²) in [5, 5.41) is 0. The summed E-state index contributed by atoms with van der Waals surface area (Å²) < 4.78 is 0. The van der Waals surface area contributed by atoms with Crippen LogP contribution in [0.25, 0.3) is 0 Å². The fourth-order valence-electron chi connectivity index (χ4n) is 4.72. The standard InChI is InChI=1S/C31H39NO/c1-4-5-17-28(30-20-19-29(33)21-22-31(30,2)3)18-12-23-32(24-26-13-8-6-9-14-26)25-27-15-10-7-11-16-27/h6-11,13-16H,4-5,17-22,24-25H2,1-3H3/b30-28-. The first-order valence-electron chi connectivity index (χ1n) is 12.5. The highest BCUT2D eigenvalue weighted by molar-refractivity contribution is 5.79. The Morgan fingerprint density at radius 1 is 0.909 bits per heavy atom. The van der Waals surface area contributed by atoms with Gasteiger partial charge in [0, 0.05) is 25.3 Å². The van der Waals surface area contributed by atoms with E-state index in [0.717, 1.165) is 38.8 Å². The second kappa shape index (κ2) is 12.4. The van der Waals surface area contributed by atoms with Crippen LogP contribution in [0.1, 0.15) is 83.3 Å². The Labute approximate surface area is 201 Å². The van der Waals surface area contributed by atoms with Gasteiger partial charge in [-0.1, -0.05) is 105 Å². The Morgan fingerprint density at radius 2 is 1.52 bits per heavy atom. The van der Waals surface area contributed by atoms with E-state index in [2.05, 4.69) is 98.3 Å². The van der Waals surface area contributed by atoms with Crippen molar-refractivity contribution in [3.8, 4) is 12.0 Å². The molecule has 1 saturated carbocycles. The molecule has 0 bridgehead atoms. The largest absolute Gasteiger partial charge is 0.324 e. The lowest BCUT2D eigenvalue weighted by Gasteiger charge is -2.29. The zero-order chi connectivity index (χ0) is 23.5. The number of carbonyl (C=O) groups excluding carboxylic acids is 1. The van der Waals surface area contributed by atoms with Crippen molar-refractivity contribution in [2.75, 3.05) is 0 Å². The van der Waals surface area contributed by atoms with Crippen molar-refractivity contribution in [1.29, 1.82) is 0 Å². The van der Waals surface area contributed by atoms with Crippen LogP contribution < -0.4 is 0 Å². The zero-order valence-corrected chi connectivity index (χ0v) is 20.7. The molecule has 174 valence electrons. The molecule has 0 unspecified atom stereocenters. The second-order valence-electron chi connectivity index (χ2n) is 9.90. The van der Waals surface area contributed by atoms with Crippen molar-refractivity contribution in [3.63, 3.8) is 0 Å². The van der Waals surface area contributed by atoms with Gasteiger partial charge in [-0.05, 0) is 42.2 Å². The van der Waals surface area contributed by atoms with Crippen molar-refractivity contribution in [1.82, 2.24) is 4.90 Å². The molecule has 0 aliphatic heterocycles. The Kier molecular flexibility index (Phi) is 9.37. The van der Waals surface area contributed by atoms with Gasteiger partial charge < -0.3 is 4.90 Å². The molecule has 2 aromatic carbocycles. The Morgan fingerprint density at radius 3 is 2.09 bits per heavy atom. The normalized spacial score (nSPS) is 17.0. The molecule has 33 heavy (non-hydrogen) atoms. The van der Waals surface area contributed by atoms with E-state index in [0.29, 0.717) is 18.6 Å². The van der Waals surface area contributed by atoms with Crippen LogP contribution in [-0.2, 0) is 17.9 Å². The van der Waals surface area contributed by atoms with Gasteiger partial charge >= 0.3 is 0 Å². The summed E-state index contributed by atoms with van der Waals surface area (Å²) in [5.74, 6) is 3.95. The van der Waals surface area contributed by atoms with E-state index in [9.17, 15) is 4.79 Å². The van der Waals surface area contributed by atoms with E-state index in [1.165, 1.54) is 35.1 Å². The van der Waals surface area contributed by atoms with Gasteiger partial charge in [0.2, 0.25) is 0 Å². The first-order chi connectivity index (χ1) is 16.0. The summed E-state index contributed by atoms with van der Waals surface area (Å²) in [4.78, 5) is 14.4. The summed E-state index contributed by atoms with van der Waals surface area (Å²) in [6, 6.07) is 24.6. The van der Waals surface area contributed by atoms with E-state index in [1.807, 2.05) is 0 Å². The van der Waals surface area contributed by atoms with Gasteiger partial charge in [0.05, 0.1) is 13.1 Å². The van der Waals surface area contributed by atoms with Crippen LogP contribution >= 0.6 is 0 Å². The molecule has 0 amide bonds. The lowest BCUT2D eigenvalue weighted by molar-refractivity contribution is -0.119. The highest BCUT2D eigenvalue weighted by atomic mass is 16.1. The molecule has 2 heteroatoms. The van der Waals surface area contributed by atoms with Gasteiger partial charge in [0.15, 0.2) is 0 Å². The third-order valence-corrected chi connectivity index (χ3v) is 6.73. The predicted molar refractivity (Wildman–Crippen MR) is 138 cm³/mol. The SMILES string of the molecule is CCCC/C(CC#CN(Cc1ccccc1)Cc1ccccc1)=C1\CCC(=O)CCC1(C)C. The van der Waals surface area contributed by atoms with Crippen LogP contribution in [0.4, 0.5) is 0 Å². The molecule has 1 aliphatic carbocycles. The highest BCUT2D eigenvalue weighted by Crippen LogP contribution is 2.41. The van der Waals surface area contributed by atoms with Gasteiger partial charge in [-0.15, -0.1) is 0 Å². The summed E-state index contributed by atoms with van der Waals surface area (Å²) in [6.07, 6.45) is 7.52. The highest BCUT2D eigenvalue weighted by Gasteiger charge is 2.29. The maximum absolute atomic E-state index is 12.1. The first-order valence-corrected chi connectivity index (χ1v) is 12.5. The Bertz CT molecular complexity index is 934. The van der Waals surface area contributed by atoms with E-state index < -0.39 is 0 Å². The van der Waals surface area contributed by atoms with Crippen LogP contribution in [0.15, 0.2) is 71.8 Å². The fraction of sp³-hybridized carbons (Fsp3) is 0.452. The van der Waals surface area contributed by atoms with Crippen LogP contribution in [-0.4, -0.2) is 10.7 Å². The molecule has 0 saturated heterocycles. The van der Waals surface area contributed by atoms with Crippen molar-refractivity contribution in [3.05, 3.63) is 82.9 Å². The number of benzene rings is 2. The number of unbranched alkanes of at least 4 members (excludes halogenated alkanes) is 1. The maximum atomic E-state index is 12.1. The van der Waals surface area contributed by atoms with Crippen molar-refractivity contribution in [2.24, 2.45) is 5.41 Å². The number of hydrogen-bond acceptors (Lipinski definition) is 2. The number of hydrogen-bond donors (Lipinski definition) is 0. The minimum Gasteiger partial charge on any atom is -0.324 e. The number of allylic oxidation sites excluding steroid dienone is 2. The number of Topliss-reactive ketones (excluding diaryl/α,β-unsaturated/α-hetero) is 1. The minimum absolute atomic E-state index is 0.0880. The van der Waals surface area contributed by atoms with Crippen molar-refractivity contribution < 1.29 is 4.79 Å². The van der Waals surface area contributed by atoms with Gasteiger partial charge in [0.25, 0.3) is 0 Å². The average molecular weight is 442 g/mol. The van der Waals surface area contributed by atoms with Gasteiger partial charge in [0.1, 0.15) is 5.78 Å². The molecule has 1 aliphatic rings. The molecule has 2 aromatic rings. The summed E-state index contributed by atoms with van der Waals surface area (Å²) >= 11 is 0. The van der Waals surface area contributed by atoms with E-state index in [-0.39, 0.29) is 5.41 Å². The molecule has 2 nitrogen and oxygen atoms in total. The summed E-state index contributed by atoms with van der Waals surface area (Å²) in [6.45, 7) is 8.50. The van der Waals surface area contributed by atoms with E-state index in [1.54, 1.807) is 0 Å². The van der Waals surface area contributed by atoms with E-state index >= 15 is 0 Å². The molecular formula is C31H39NO. The predicted octanol–water partition coefficient (Wildman–Crippen LogP) is 7.70. The molecular weight excluding hydrogens is 402 g/mol. The monoisotopic (exact) mass is 441 g/mol. The molecule has 0 atom stereocenters. The lowest BCUT2D eigenvalue weighted by Crippen LogP contribution is -2.17. The molecule has 0 heterocycles. The molecule has 0 aromatic heterocycles. The number of carbonyl (C=O) groups is 1. The Hall–Kier alpha value is -2.79. The first kappa shape index (κ1) is 24.8. The molecule has 0 radical (unpaired) electrons. The fourth-order valence-corrected chi connectivity index (χ4v) is 4.72. The third kappa shape index (κ3) is 7.93. The van der Waals surface area contributed by atoms with Crippen LogP contribution in [0.5, 0.6) is 0 Å². The number of nitrogens with zero attached hydrogens (tertiary/aromatic N) is 1. The smallest absolute Gasteiger partial charge is 0.133 e. The topological polar surface area (TPSA) is 20.3 Å². The molecule has 3 rings (SSSR count). The van der Waals surface area contributed by atoms with Crippen LogP contribution in [0, 0.1) is 17.4 Å². The summed E-state index contributed by atoms with van der Waals surface area (Å²) in [5.41, 5.74) is 5.61. The molecule has 0 spiro atoms. The average Bonchev–Trinajstić information content (AvgIpc) is 2.95. The summed E-state index contributed by atoms with van der Waals surface area (Å²) in [7, 11) is 0. The third-order valence-electron chi connectivity index (χ3n) is 6.73. The quantitative estimate of drug-likeness (QED) is 0.181. The number of ketones is 1. The van der Waals surface area contributed by atoms with Gasteiger partial charge in [-0.3, -0.25) is 4.79 Å². The molecule has 1 fully saturated rings. The van der Waals surface area contributed by atoms with Gasteiger partial charge in [-0.2, -0.15) is 0 Å². The van der Waals surface area contributed by atoms with Gasteiger partial charge in [-0.25, -0.2) is 0 Å². The van der Waals surface area contributed by atoms with Crippen molar-refractivity contribution >= 4 is 5.78 Å². The van der Waals surface area contributed by atoms with Crippen LogP contribution in [0.3, 0.4) is 0 Å².